The fourth-order valence-corrected chi connectivity index (χ4v) is 3.89. The van der Waals surface area contributed by atoms with E-state index in [-0.39, 0.29) is 17.8 Å². The Morgan fingerprint density at radius 1 is 1.19 bits per heavy atom. The summed E-state index contributed by atoms with van der Waals surface area (Å²) in [6.45, 7) is 2.70. The summed E-state index contributed by atoms with van der Waals surface area (Å²) in [5, 5.41) is 10.1. The van der Waals surface area contributed by atoms with Gasteiger partial charge in [0.05, 0.1) is 13.7 Å². The number of halogens is 1. The maximum Gasteiger partial charge on any atom is 0.126 e. The molecule has 1 heterocycles. The van der Waals surface area contributed by atoms with E-state index in [9.17, 15) is 9.50 Å². The highest BCUT2D eigenvalue weighted by atomic mass is 19.1. The van der Waals surface area contributed by atoms with Crippen molar-refractivity contribution < 1.29 is 14.2 Å². The van der Waals surface area contributed by atoms with Gasteiger partial charge < -0.3 is 9.84 Å². The fraction of sp³-hybridized carbons (Fsp3) is 0.391. The lowest BCUT2D eigenvalue weighted by molar-refractivity contribution is 0.0370. The first-order valence-corrected chi connectivity index (χ1v) is 9.51. The van der Waals surface area contributed by atoms with Crippen molar-refractivity contribution in [3.05, 3.63) is 71.6 Å². The van der Waals surface area contributed by atoms with Gasteiger partial charge in [-0.1, -0.05) is 42.5 Å². The van der Waals surface area contributed by atoms with Gasteiger partial charge in [-0.05, 0) is 55.1 Å². The molecule has 3 rings (SSSR count). The van der Waals surface area contributed by atoms with Crippen molar-refractivity contribution in [2.75, 3.05) is 33.4 Å². The third-order valence-electron chi connectivity index (χ3n) is 5.39. The van der Waals surface area contributed by atoms with Crippen LogP contribution in [0, 0.1) is 11.2 Å². The van der Waals surface area contributed by atoms with E-state index in [0.29, 0.717) is 12.0 Å². The molecule has 1 atom stereocenters. The Balaban J connectivity index is 1.61. The second-order valence-corrected chi connectivity index (χ2v) is 7.44. The molecule has 0 bridgehead atoms. The number of rotatable bonds is 7. The third-order valence-corrected chi connectivity index (χ3v) is 5.39. The van der Waals surface area contributed by atoms with Gasteiger partial charge in [0.2, 0.25) is 0 Å². The molecule has 0 radical (unpaired) electrons. The molecule has 0 saturated carbocycles. The van der Waals surface area contributed by atoms with Gasteiger partial charge >= 0.3 is 0 Å². The number of benzene rings is 2. The Bertz CT molecular complexity index is 759. The minimum Gasteiger partial charge on any atom is -0.497 e. The monoisotopic (exact) mass is 369 g/mol. The number of likely N-dealkylation sites (tertiary alicyclic amines) is 1. The van der Waals surface area contributed by atoms with Gasteiger partial charge in [0.25, 0.3) is 0 Å². The van der Waals surface area contributed by atoms with E-state index in [1.165, 1.54) is 6.07 Å². The highest BCUT2D eigenvalue weighted by Crippen LogP contribution is 2.34. The summed E-state index contributed by atoms with van der Waals surface area (Å²) >= 11 is 0. The first kappa shape index (κ1) is 19.6. The van der Waals surface area contributed by atoms with E-state index in [1.54, 1.807) is 13.2 Å². The van der Waals surface area contributed by atoms with Crippen molar-refractivity contribution in [1.29, 1.82) is 0 Å². The number of piperidine rings is 1. The SMILES string of the molecule is COc1ccc(/C=C/CN2CCC[C@@](CO)(Cc3ccccc3F)C2)cc1. The smallest absolute Gasteiger partial charge is 0.126 e. The zero-order chi connectivity index (χ0) is 19.1. The number of nitrogens with zero attached hydrogens (tertiary/aromatic N) is 1. The Morgan fingerprint density at radius 2 is 1.96 bits per heavy atom. The third kappa shape index (κ3) is 5.18. The fourth-order valence-electron chi connectivity index (χ4n) is 3.89. The van der Waals surface area contributed by atoms with E-state index in [0.717, 1.165) is 43.8 Å². The van der Waals surface area contributed by atoms with Crippen molar-refractivity contribution in [1.82, 2.24) is 4.90 Å². The summed E-state index contributed by atoms with van der Waals surface area (Å²) in [4.78, 5) is 2.35. The molecule has 27 heavy (non-hydrogen) atoms. The zero-order valence-corrected chi connectivity index (χ0v) is 15.9. The number of ether oxygens (including phenoxy) is 1. The van der Waals surface area contributed by atoms with Crippen LogP contribution in [0.25, 0.3) is 6.08 Å². The van der Waals surface area contributed by atoms with Crippen LogP contribution in [0.3, 0.4) is 0 Å². The molecule has 144 valence electrons. The van der Waals surface area contributed by atoms with Crippen molar-refractivity contribution in [3.8, 4) is 5.75 Å². The van der Waals surface area contributed by atoms with Gasteiger partial charge in [-0.3, -0.25) is 4.90 Å². The van der Waals surface area contributed by atoms with Crippen LogP contribution in [0.15, 0.2) is 54.6 Å². The summed E-state index contributed by atoms with van der Waals surface area (Å²) in [6.07, 6.45) is 6.78. The predicted octanol–water partition coefficient (Wildman–Crippen LogP) is 4.16. The molecule has 2 aromatic rings. The van der Waals surface area contributed by atoms with Crippen LogP contribution < -0.4 is 4.74 Å². The van der Waals surface area contributed by atoms with Crippen molar-refractivity contribution >= 4 is 6.08 Å². The Morgan fingerprint density at radius 3 is 2.67 bits per heavy atom. The molecule has 4 heteroatoms. The van der Waals surface area contributed by atoms with Gasteiger partial charge in [0.1, 0.15) is 11.6 Å². The van der Waals surface area contributed by atoms with Crippen LogP contribution in [-0.2, 0) is 6.42 Å². The number of methoxy groups -OCH3 is 1. The summed E-state index contributed by atoms with van der Waals surface area (Å²) in [7, 11) is 1.66. The van der Waals surface area contributed by atoms with E-state index in [2.05, 4.69) is 17.1 Å². The molecule has 2 aromatic carbocycles. The van der Waals surface area contributed by atoms with E-state index in [4.69, 9.17) is 4.74 Å². The van der Waals surface area contributed by atoms with Crippen LogP contribution in [0.4, 0.5) is 4.39 Å². The van der Waals surface area contributed by atoms with Gasteiger partial charge in [-0.2, -0.15) is 0 Å². The molecule has 1 saturated heterocycles. The maximum absolute atomic E-state index is 14.1. The summed E-state index contributed by atoms with van der Waals surface area (Å²) in [6, 6.07) is 14.9. The average Bonchev–Trinajstić information content (AvgIpc) is 2.71. The second-order valence-electron chi connectivity index (χ2n) is 7.44. The Kier molecular flexibility index (Phi) is 6.64. The van der Waals surface area contributed by atoms with Crippen LogP contribution in [-0.4, -0.2) is 43.4 Å². The van der Waals surface area contributed by atoms with Crippen LogP contribution in [0.5, 0.6) is 5.75 Å². The molecule has 1 fully saturated rings. The quantitative estimate of drug-likeness (QED) is 0.795. The average molecular weight is 369 g/mol. The largest absolute Gasteiger partial charge is 0.497 e. The highest BCUT2D eigenvalue weighted by molar-refractivity contribution is 5.50. The van der Waals surface area contributed by atoms with Crippen molar-refractivity contribution in [2.24, 2.45) is 5.41 Å². The first-order chi connectivity index (χ1) is 13.1. The van der Waals surface area contributed by atoms with E-state index < -0.39 is 0 Å². The highest BCUT2D eigenvalue weighted by Gasteiger charge is 2.35. The van der Waals surface area contributed by atoms with Crippen LogP contribution >= 0.6 is 0 Å². The lowest BCUT2D eigenvalue weighted by atomic mass is 9.75. The molecule has 1 aliphatic heterocycles. The lowest BCUT2D eigenvalue weighted by Crippen LogP contribution is -2.46. The molecular weight excluding hydrogens is 341 g/mol. The van der Waals surface area contributed by atoms with Crippen molar-refractivity contribution in [2.45, 2.75) is 19.3 Å². The van der Waals surface area contributed by atoms with Crippen LogP contribution in [0.2, 0.25) is 0 Å². The first-order valence-electron chi connectivity index (χ1n) is 9.51. The lowest BCUT2D eigenvalue weighted by Gasteiger charge is -2.41. The van der Waals surface area contributed by atoms with Gasteiger partial charge in [0.15, 0.2) is 0 Å². The molecule has 0 unspecified atom stereocenters. The summed E-state index contributed by atoms with van der Waals surface area (Å²) in [5.41, 5.74) is 1.56. The standard InChI is InChI=1S/C23H28FNO2/c1-27-21-11-9-19(10-12-21)6-4-14-25-15-5-13-23(17-25,18-26)16-20-7-2-3-8-22(20)24/h2-4,6-12,26H,5,13-18H2,1H3/b6-4+/t23-/m1/s1. The molecule has 0 amide bonds. The van der Waals surface area contributed by atoms with Gasteiger partial charge in [-0.25, -0.2) is 4.39 Å². The zero-order valence-electron chi connectivity index (χ0n) is 15.9. The topological polar surface area (TPSA) is 32.7 Å². The van der Waals surface area contributed by atoms with Crippen molar-refractivity contribution in [3.63, 3.8) is 0 Å². The van der Waals surface area contributed by atoms with E-state index in [1.807, 2.05) is 36.4 Å². The molecule has 0 spiro atoms. The van der Waals surface area contributed by atoms with Gasteiger partial charge in [0, 0.05) is 18.5 Å². The molecular formula is C23H28FNO2. The molecule has 3 nitrogen and oxygen atoms in total. The minimum absolute atomic E-state index is 0.0834. The number of hydrogen-bond acceptors (Lipinski definition) is 3. The molecule has 0 aromatic heterocycles. The Hall–Kier alpha value is -2.17. The molecule has 1 N–H and O–H groups in total. The van der Waals surface area contributed by atoms with E-state index >= 15 is 0 Å². The Labute approximate surface area is 161 Å². The number of aliphatic hydroxyl groups excluding tert-OH is 1. The number of aliphatic hydroxyl groups is 1. The molecule has 1 aliphatic rings. The number of hydrogen-bond donors (Lipinski definition) is 1. The van der Waals surface area contributed by atoms with Gasteiger partial charge in [-0.15, -0.1) is 0 Å². The second kappa shape index (κ2) is 9.16. The summed E-state index contributed by atoms with van der Waals surface area (Å²) < 4.78 is 19.3. The minimum atomic E-state index is -0.269. The summed E-state index contributed by atoms with van der Waals surface area (Å²) in [5.74, 6) is 0.672. The van der Waals surface area contributed by atoms with Crippen LogP contribution in [0.1, 0.15) is 24.0 Å². The maximum atomic E-state index is 14.1. The normalized spacial score (nSPS) is 20.9. The molecule has 0 aliphatic carbocycles. The predicted molar refractivity (Wildman–Crippen MR) is 107 cm³/mol.